The van der Waals surface area contributed by atoms with Crippen LogP contribution in [0.2, 0.25) is 0 Å². The molecule has 1 amide bonds. The topological polar surface area (TPSA) is 46.6 Å². The molecule has 0 aliphatic carbocycles. The zero-order valence-electron chi connectivity index (χ0n) is 10.1. The van der Waals surface area contributed by atoms with Crippen molar-refractivity contribution in [3.63, 3.8) is 0 Å². The van der Waals surface area contributed by atoms with Crippen molar-refractivity contribution in [1.29, 1.82) is 0 Å². The third-order valence-corrected chi connectivity index (χ3v) is 3.60. The van der Waals surface area contributed by atoms with Gasteiger partial charge >= 0.3 is 5.97 Å². The summed E-state index contributed by atoms with van der Waals surface area (Å²) in [6, 6.07) is 7.27. The van der Waals surface area contributed by atoms with Gasteiger partial charge in [-0.25, -0.2) is 4.79 Å². The van der Waals surface area contributed by atoms with Crippen LogP contribution in [0.25, 0.3) is 0 Å². The molecule has 0 bridgehead atoms. The second kappa shape index (κ2) is 5.52. The van der Waals surface area contributed by atoms with Gasteiger partial charge in [0.15, 0.2) is 0 Å². The molecule has 5 heteroatoms. The number of hydrogen-bond donors (Lipinski definition) is 0. The standard InChI is InChI=1S/C13H14BrNO3/c1-18-13(17)11-6-7-12(16)15(11)8-9-2-4-10(14)5-3-9/h2-5,11H,6-8H2,1H3/t11-/m0/s1. The average Bonchev–Trinajstić information content (AvgIpc) is 2.73. The summed E-state index contributed by atoms with van der Waals surface area (Å²) in [5, 5.41) is 0. The fourth-order valence-corrected chi connectivity index (χ4v) is 2.36. The maximum absolute atomic E-state index is 11.8. The predicted molar refractivity (Wildman–Crippen MR) is 69.7 cm³/mol. The highest BCUT2D eigenvalue weighted by molar-refractivity contribution is 9.10. The number of amides is 1. The number of carbonyl (C=O) groups is 2. The number of rotatable bonds is 3. The molecule has 4 nitrogen and oxygen atoms in total. The van der Waals surface area contributed by atoms with Crippen LogP contribution >= 0.6 is 15.9 Å². The first kappa shape index (κ1) is 13.1. The van der Waals surface area contributed by atoms with Crippen molar-refractivity contribution in [2.24, 2.45) is 0 Å². The van der Waals surface area contributed by atoms with E-state index < -0.39 is 6.04 Å². The molecule has 2 rings (SSSR count). The summed E-state index contributed by atoms with van der Waals surface area (Å²) in [6.07, 6.45) is 0.957. The number of benzene rings is 1. The lowest BCUT2D eigenvalue weighted by molar-refractivity contribution is -0.149. The Kier molecular flexibility index (Phi) is 4.01. The van der Waals surface area contributed by atoms with Gasteiger partial charge in [-0.2, -0.15) is 0 Å². The van der Waals surface area contributed by atoms with Crippen LogP contribution < -0.4 is 0 Å². The molecule has 96 valence electrons. The monoisotopic (exact) mass is 311 g/mol. The molecule has 1 saturated heterocycles. The van der Waals surface area contributed by atoms with Gasteiger partial charge in [0.25, 0.3) is 0 Å². The number of likely N-dealkylation sites (tertiary alicyclic amines) is 1. The van der Waals surface area contributed by atoms with E-state index in [0.717, 1.165) is 10.0 Å². The normalized spacial score (nSPS) is 19.1. The van der Waals surface area contributed by atoms with E-state index in [1.165, 1.54) is 7.11 Å². The maximum atomic E-state index is 11.8. The molecule has 1 atom stereocenters. The van der Waals surface area contributed by atoms with Gasteiger partial charge in [-0.1, -0.05) is 28.1 Å². The van der Waals surface area contributed by atoms with Crippen molar-refractivity contribution >= 4 is 27.8 Å². The largest absolute Gasteiger partial charge is 0.467 e. The van der Waals surface area contributed by atoms with Crippen molar-refractivity contribution in [2.75, 3.05) is 7.11 Å². The first-order chi connectivity index (χ1) is 8.61. The third kappa shape index (κ3) is 2.72. The molecule has 0 N–H and O–H groups in total. The molecular weight excluding hydrogens is 298 g/mol. The van der Waals surface area contributed by atoms with Crippen LogP contribution in [-0.2, 0) is 20.9 Å². The van der Waals surface area contributed by atoms with Crippen LogP contribution in [0.1, 0.15) is 18.4 Å². The molecular formula is C13H14BrNO3. The van der Waals surface area contributed by atoms with Crippen molar-refractivity contribution in [3.8, 4) is 0 Å². The van der Waals surface area contributed by atoms with Gasteiger partial charge in [0.1, 0.15) is 6.04 Å². The molecule has 0 spiro atoms. The Morgan fingerprint density at radius 2 is 2.11 bits per heavy atom. The van der Waals surface area contributed by atoms with Gasteiger partial charge in [-0.15, -0.1) is 0 Å². The predicted octanol–water partition coefficient (Wildman–Crippen LogP) is 2.11. The molecule has 1 aliphatic heterocycles. The van der Waals surface area contributed by atoms with Crippen molar-refractivity contribution in [3.05, 3.63) is 34.3 Å². The van der Waals surface area contributed by atoms with Gasteiger partial charge in [-0.3, -0.25) is 4.79 Å². The van der Waals surface area contributed by atoms with Crippen molar-refractivity contribution in [1.82, 2.24) is 4.90 Å². The smallest absolute Gasteiger partial charge is 0.328 e. The number of carbonyl (C=O) groups excluding carboxylic acids is 2. The lowest BCUT2D eigenvalue weighted by atomic mass is 10.2. The Morgan fingerprint density at radius 3 is 2.72 bits per heavy atom. The Balaban J connectivity index is 2.12. The summed E-state index contributed by atoms with van der Waals surface area (Å²) < 4.78 is 5.72. The van der Waals surface area contributed by atoms with E-state index in [-0.39, 0.29) is 11.9 Å². The number of ether oxygens (including phenoxy) is 1. The van der Waals surface area contributed by atoms with E-state index in [1.807, 2.05) is 24.3 Å². The van der Waals surface area contributed by atoms with Crippen LogP contribution in [0.4, 0.5) is 0 Å². The van der Waals surface area contributed by atoms with E-state index in [9.17, 15) is 9.59 Å². The molecule has 0 unspecified atom stereocenters. The molecule has 0 saturated carbocycles. The van der Waals surface area contributed by atoms with Crippen LogP contribution in [0.15, 0.2) is 28.7 Å². The van der Waals surface area contributed by atoms with Gasteiger partial charge in [0.2, 0.25) is 5.91 Å². The van der Waals surface area contributed by atoms with Gasteiger partial charge < -0.3 is 9.64 Å². The quantitative estimate of drug-likeness (QED) is 0.803. The zero-order valence-corrected chi connectivity index (χ0v) is 11.6. The number of nitrogens with zero attached hydrogens (tertiary/aromatic N) is 1. The van der Waals surface area contributed by atoms with Crippen LogP contribution in [0.3, 0.4) is 0 Å². The summed E-state index contributed by atoms with van der Waals surface area (Å²) in [6.45, 7) is 0.450. The molecule has 1 aromatic carbocycles. The summed E-state index contributed by atoms with van der Waals surface area (Å²) in [4.78, 5) is 25.0. The minimum Gasteiger partial charge on any atom is -0.467 e. The van der Waals surface area contributed by atoms with E-state index in [1.54, 1.807) is 4.90 Å². The first-order valence-corrected chi connectivity index (χ1v) is 6.53. The van der Waals surface area contributed by atoms with Crippen LogP contribution in [0, 0.1) is 0 Å². The van der Waals surface area contributed by atoms with Crippen LogP contribution in [-0.4, -0.2) is 29.9 Å². The number of esters is 1. The van der Waals surface area contributed by atoms with E-state index >= 15 is 0 Å². The SMILES string of the molecule is COC(=O)[C@@H]1CCC(=O)N1Cc1ccc(Br)cc1. The number of hydrogen-bond acceptors (Lipinski definition) is 3. The number of halogens is 1. The summed E-state index contributed by atoms with van der Waals surface area (Å²) in [5.74, 6) is -0.328. The fourth-order valence-electron chi connectivity index (χ4n) is 2.10. The lowest BCUT2D eigenvalue weighted by Gasteiger charge is -2.22. The Bertz CT molecular complexity index is 458. The minimum atomic E-state index is -0.439. The Morgan fingerprint density at radius 1 is 1.44 bits per heavy atom. The molecule has 0 aromatic heterocycles. The summed E-state index contributed by atoms with van der Waals surface area (Å²) in [7, 11) is 1.35. The highest BCUT2D eigenvalue weighted by atomic mass is 79.9. The Labute approximate surface area is 114 Å². The number of methoxy groups -OCH3 is 1. The van der Waals surface area contributed by atoms with E-state index in [0.29, 0.717) is 19.4 Å². The second-order valence-corrected chi connectivity index (χ2v) is 5.14. The molecule has 18 heavy (non-hydrogen) atoms. The van der Waals surface area contributed by atoms with Crippen LogP contribution in [0.5, 0.6) is 0 Å². The second-order valence-electron chi connectivity index (χ2n) is 4.23. The van der Waals surface area contributed by atoms with Crippen molar-refractivity contribution in [2.45, 2.75) is 25.4 Å². The van der Waals surface area contributed by atoms with Gasteiger partial charge in [0.05, 0.1) is 7.11 Å². The molecule has 1 heterocycles. The van der Waals surface area contributed by atoms with Gasteiger partial charge in [0, 0.05) is 17.4 Å². The molecule has 1 fully saturated rings. The maximum Gasteiger partial charge on any atom is 0.328 e. The Hall–Kier alpha value is -1.36. The van der Waals surface area contributed by atoms with Gasteiger partial charge in [-0.05, 0) is 24.1 Å². The summed E-state index contributed by atoms with van der Waals surface area (Å²) >= 11 is 3.36. The molecule has 1 aliphatic rings. The zero-order chi connectivity index (χ0) is 13.1. The third-order valence-electron chi connectivity index (χ3n) is 3.07. The fraction of sp³-hybridized carbons (Fsp3) is 0.385. The minimum absolute atomic E-state index is 0.00770. The highest BCUT2D eigenvalue weighted by Crippen LogP contribution is 2.23. The van der Waals surface area contributed by atoms with E-state index in [2.05, 4.69) is 15.9 Å². The highest BCUT2D eigenvalue weighted by Gasteiger charge is 2.36. The summed E-state index contributed by atoms with van der Waals surface area (Å²) in [5.41, 5.74) is 1.00. The van der Waals surface area contributed by atoms with E-state index in [4.69, 9.17) is 4.74 Å². The molecule has 1 aromatic rings. The lowest BCUT2D eigenvalue weighted by Crippen LogP contribution is -2.38. The average molecular weight is 312 g/mol. The van der Waals surface area contributed by atoms with Crippen molar-refractivity contribution < 1.29 is 14.3 Å². The first-order valence-electron chi connectivity index (χ1n) is 5.73. The molecule has 0 radical (unpaired) electrons.